The number of guanidine groups is 1. The van der Waals surface area contributed by atoms with Crippen molar-refractivity contribution in [2.75, 3.05) is 32.6 Å². The number of benzene rings is 1. The lowest BCUT2D eigenvalue weighted by Crippen LogP contribution is -2.37. The average Bonchev–Trinajstić information content (AvgIpc) is 2.96. The van der Waals surface area contributed by atoms with Crippen LogP contribution in [-0.4, -0.2) is 38.6 Å². The average molecular weight is 459 g/mol. The van der Waals surface area contributed by atoms with E-state index in [1.54, 1.807) is 18.4 Å². The second-order valence-corrected chi connectivity index (χ2v) is 6.59. The number of nitrogens with one attached hydrogen (secondary N) is 2. The highest BCUT2D eigenvalue weighted by atomic mass is 127. The topological polar surface area (TPSA) is 52.6 Å². The summed E-state index contributed by atoms with van der Waals surface area (Å²) in [5.74, 6) is 0.812. The predicted octanol–water partition coefficient (Wildman–Crippen LogP) is 3.04. The molecule has 7 heteroatoms. The number of nitrogens with zero attached hydrogens (tertiary/aromatic N) is 3. The molecule has 1 heterocycles. The van der Waals surface area contributed by atoms with Gasteiger partial charge >= 0.3 is 0 Å². The minimum absolute atomic E-state index is 0. The summed E-state index contributed by atoms with van der Waals surface area (Å²) in [5, 5.41) is 9.90. The van der Waals surface area contributed by atoms with Crippen LogP contribution in [0.15, 0.2) is 34.6 Å². The van der Waals surface area contributed by atoms with Crippen LogP contribution in [0.1, 0.15) is 16.3 Å². The maximum Gasteiger partial charge on any atom is 0.191 e. The number of hydrogen-bond donors (Lipinski definition) is 2. The molecule has 24 heavy (non-hydrogen) atoms. The standard InChI is InChI=1S/C17H25N5S.HI/c1-13-21-15(12-23-13)8-9-19-17(18-2)20-11-14-6-5-7-16(10-14)22(3)4;/h5-7,10,12H,8-9,11H2,1-4H3,(H2,18,19,20);1H. The van der Waals surface area contributed by atoms with Crippen molar-refractivity contribution >= 4 is 47.0 Å². The number of aromatic nitrogens is 1. The van der Waals surface area contributed by atoms with Gasteiger partial charge in [-0.25, -0.2) is 4.98 Å². The van der Waals surface area contributed by atoms with Gasteiger partial charge in [0.15, 0.2) is 5.96 Å². The van der Waals surface area contributed by atoms with Gasteiger partial charge in [0.05, 0.1) is 10.7 Å². The first-order chi connectivity index (χ1) is 11.1. The summed E-state index contributed by atoms with van der Waals surface area (Å²) in [7, 11) is 5.89. The van der Waals surface area contributed by atoms with Crippen molar-refractivity contribution < 1.29 is 0 Å². The molecule has 1 aromatic carbocycles. The Morgan fingerprint density at radius 1 is 1.29 bits per heavy atom. The molecule has 0 spiro atoms. The number of rotatable bonds is 6. The Labute approximate surface area is 165 Å². The highest BCUT2D eigenvalue weighted by Gasteiger charge is 2.02. The van der Waals surface area contributed by atoms with Crippen molar-refractivity contribution in [3.05, 3.63) is 45.9 Å². The first-order valence-corrected chi connectivity index (χ1v) is 8.58. The molecular weight excluding hydrogens is 433 g/mol. The first-order valence-electron chi connectivity index (χ1n) is 7.70. The second kappa shape index (κ2) is 10.5. The largest absolute Gasteiger partial charge is 0.378 e. The number of hydrogen-bond acceptors (Lipinski definition) is 4. The van der Waals surface area contributed by atoms with Crippen LogP contribution in [0, 0.1) is 6.92 Å². The molecule has 0 unspecified atom stereocenters. The summed E-state index contributed by atoms with van der Waals surface area (Å²) in [5.41, 5.74) is 3.56. The van der Waals surface area contributed by atoms with Crippen molar-refractivity contribution in [1.29, 1.82) is 0 Å². The van der Waals surface area contributed by atoms with Gasteiger partial charge in [0.2, 0.25) is 0 Å². The van der Waals surface area contributed by atoms with Gasteiger partial charge < -0.3 is 15.5 Å². The van der Waals surface area contributed by atoms with Crippen molar-refractivity contribution in [1.82, 2.24) is 15.6 Å². The van der Waals surface area contributed by atoms with Crippen LogP contribution in [0.2, 0.25) is 0 Å². The lowest BCUT2D eigenvalue weighted by molar-refractivity contribution is 0.786. The summed E-state index contributed by atoms with van der Waals surface area (Å²) in [6.45, 7) is 3.60. The van der Waals surface area contributed by atoms with E-state index in [1.807, 2.05) is 21.0 Å². The quantitative estimate of drug-likeness (QED) is 0.396. The second-order valence-electron chi connectivity index (χ2n) is 5.52. The molecule has 0 fully saturated rings. The van der Waals surface area contributed by atoms with Crippen LogP contribution in [0.25, 0.3) is 0 Å². The van der Waals surface area contributed by atoms with Crippen LogP contribution in [0.3, 0.4) is 0 Å². The third kappa shape index (κ3) is 6.64. The van der Waals surface area contributed by atoms with Crippen LogP contribution in [0.5, 0.6) is 0 Å². The maximum absolute atomic E-state index is 4.47. The van der Waals surface area contributed by atoms with Gasteiger partial charge in [0.1, 0.15) is 0 Å². The molecule has 0 atom stereocenters. The summed E-state index contributed by atoms with van der Waals surface area (Å²) in [6.07, 6.45) is 0.904. The summed E-state index contributed by atoms with van der Waals surface area (Å²) in [6, 6.07) is 8.48. The molecule has 2 rings (SSSR count). The zero-order valence-corrected chi connectivity index (χ0v) is 17.8. The van der Waals surface area contributed by atoms with Crippen LogP contribution >= 0.6 is 35.3 Å². The van der Waals surface area contributed by atoms with E-state index in [2.05, 4.69) is 55.2 Å². The minimum atomic E-state index is 0. The van der Waals surface area contributed by atoms with Gasteiger partial charge in [-0.05, 0) is 24.6 Å². The molecule has 1 aromatic heterocycles. The molecule has 0 aliphatic heterocycles. The number of aliphatic imine (C=N–C) groups is 1. The molecule has 0 bridgehead atoms. The van der Waals surface area contributed by atoms with Crippen molar-refractivity contribution in [3.63, 3.8) is 0 Å². The Morgan fingerprint density at radius 2 is 2.08 bits per heavy atom. The van der Waals surface area contributed by atoms with E-state index < -0.39 is 0 Å². The van der Waals surface area contributed by atoms with Crippen LogP contribution in [-0.2, 0) is 13.0 Å². The van der Waals surface area contributed by atoms with Crippen molar-refractivity contribution in [3.8, 4) is 0 Å². The zero-order valence-electron chi connectivity index (χ0n) is 14.7. The van der Waals surface area contributed by atoms with E-state index >= 15 is 0 Å². The summed E-state index contributed by atoms with van der Waals surface area (Å²) < 4.78 is 0. The Kier molecular flexibility index (Phi) is 9.05. The summed E-state index contributed by atoms with van der Waals surface area (Å²) in [4.78, 5) is 10.8. The summed E-state index contributed by atoms with van der Waals surface area (Å²) >= 11 is 1.69. The number of aryl methyl sites for hydroxylation is 1. The first kappa shape index (κ1) is 20.7. The lowest BCUT2D eigenvalue weighted by Gasteiger charge is -2.15. The number of anilines is 1. The number of thiazole rings is 1. The van der Waals surface area contributed by atoms with E-state index in [1.165, 1.54) is 11.3 Å². The fourth-order valence-electron chi connectivity index (χ4n) is 2.18. The fraction of sp³-hybridized carbons (Fsp3) is 0.412. The predicted molar refractivity (Wildman–Crippen MR) is 115 cm³/mol. The highest BCUT2D eigenvalue weighted by Crippen LogP contribution is 2.13. The Hall–Kier alpha value is -1.35. The molecular formula is C17H26IN5S. The highest BCUT2D eigenvalue weighted by molar-refractivity contribution is 14.0. The maximum atomic E-state index is 4.47. The van der Waals surface area contributed by atoms with E-state index in [4.69, 9.17) is 0 Å². The van der Waals surface area contributed by atoms with Gasteiger partial charge in [-0.2, -0.15) is 0 Å². The molecule has 2 N–H and O–H groups in total. The van der Waals surface area contributed by atoms with Gasteiger partial charge in [-0.3, -0.25) is 4.99 Å². The molecule has 2 aromatic rings. The SMILES string of the molecule is CN=C(NCCc1csc(C)n1)NCc1cccc(N(C)C)c1.I. The molecule has 132 valence electrons. The molecule has 0 saturated carbocycles. The normalized spacial score (nSPS) is 10.9. The molecule has 0 amide bonds. The fourth-order valence-corrected chi connectivity index (χ4v) is 2.83. The number of halogens is 1. The van der Waals surface area contributed by atoms with Crippen molar-refractivity contribution in [2.45, 2.75) is 19.9 Å². The molecule has 0 aliphatic carbocycles. The lowest BCUT2D eigenvalue weighted by atomic mass is 10.2. The van der Waals surface area contributed by atoms with Crippen LogP contribution < -0.4 is 15.5 Å². The third-order valence-corrected chi connectivity index (χ3v) is 4.27. The van der Waals surface area contributed by atoms with Crippen molar-refractivity contribution in [2.24, 2.45) is 4.99 Å². The smallest absolute Gasteiger partial charge is 0.191 e. The molecule has 0 saturated heterocycles. The van der Waals surface area contributed by atoms with E-state index in [0.29, 0.717) is 0 Å². The van der Waals surface area contributed by atoms with Gasteiger partial charge in [-0.1, -0.05) is 12.1 Å². The van der Waals surface area contributed by atoms with E-state index in [-0.39, 0.29) is 24.0 Å². The molecule has 0 radical (unpaired) electrons. The minimum Gasteiger partial charge on any atom is -0.378 e. The Morgan fingerprint density at radius 3 is 2.71 bits per heavy atom. The Bertz CT molecular complexity index is 654. The van der Waals surface area contributed by atoms with E-state index in [9.17, 15) is 0 Å². The Balaban J connectivity index is 0.00000288. The van der Waals surface area contributed by atoms with Gasteiger partial charge in [-0.15, -0.1) is 35.3 Å². The van der Waals surface area contributed by atoms with Gasteiger partial charge in [0, 0.05) is 51.7 Å². The van der Waals surface area contributed by atoms with Crippen LogP contribution in [0.4, 0.5) is 5.69 Å². The third-order valence-electron chi connectivity index (χ3n) is 3.45. The molecule has 0 aliphatic rings. The molecule has 5 nitrogen and oxygen atoms in total. The monoisotopic (exact) mass is 459 g/mol. The van der Waals surface area contributed by atoms with E-state index in [0.717, 1.165) is 36.2 Å². The van der Waals surface area contributed by atoms with Gasteiger partial charge in [0.25, 0.3) is 0 Å². The zero-order chi connectivity index (χ0) is 16.7.